The largest absolute Gasteiger partial charge is 0.346 e. The number of aryl methyl sites for hydroxylation is 3. The van der Waals surface area contributed by atoms with Crippen molar-refractivity contribution in [1.82, 2.24) is 10.6 Å². The molecule has 5 nitrogen and oxygen atoms in total. The molecule has 0 saturated heterocycles. The second-order valence-electron chi connectivity index (χ2n) is 7.73. The first kappa shape index (κ1) is 22.2. The van der Waals surface area contributed by atoms with Crippen LogP contribution in [0.4, 0.5) is 5.69 Å². The number of hydrogen-bond donors (Lipinski definition) is 3. The standard InChI is InChI=1S/C26H29N3O2/c1-18-14-19(2)25(20(3)15-18)29-24(31)17-27-23(30)16-28-26(21-10-6-4-7-11-21)22-12-8-5-9-13-22/h4-15,26,28H,16-17H2,1-3H3,(H,27,30)(H,29,31). The van der Waals surface area contributed by atoms with Crippen LogP contribution in [0.2, 0.25) is 0 Å². The Kier molecular flexibility index (Phi) is 7.57. The zero-order chi connectivity index (χ0) is 22.2. The molecule has 0 aliphatic heterocycles. The molecule has 31 heavy (non-hydrogen) atoms. The summed E-state index contributed by atoms with van der Waals surface area (Å²) in [4.78, 5) is 24.7. The molecule has 3 aromatic rings. The summed E-state index contributed by atoms with van der Waals surface area (Å²) in [6.07, 6.45) is 0. The first-order valence-electron chi connectivity index (χ1n) is 10.4. The molecule has 0 fully saturated rings. The van der Waals surface area contributed by atoms with Gasteiger partial charge in [0.2, 0.25) is 11.8 Å². The molecule has 0 unspecified atom stereocenters. The highest BCUT2D eigenvalue weighted by molar-refractivity contribution is 5.96. The van der Waals surface area contributed by atoms with Crippen molar-refractivity contribution < 1.29 is 9.59 Å². The molecule has 0 aromatic heterocycles. The van der Waals surface area contributed by atoms with Crippen LogP contribution in [0.15, 0.2) is 72.8 Å². The zero-order valence-electron chi connectivity index (χ0n) is 18.2. The van der Waals surface area contributed by atoms with E-state index >= 15 is 0 Å². The van der Waals surface area contributed by atoms with Crippen molar-refractivity contribution in [3.05, 3.63) is 101 Å². The van der Waals surface area contributed by atoms with E-state index in [4.69, 9.17) is 0 Å². The topological polar surface area (TPSA) is 70.2 Å². The summed E-state index contributed by atoms with van der Waals surface area (Å²) in [5.74, 6) is -0.476. The first-order chi connectivity index (χ1) is 14.9. The van der Waals surface area contributed by atoms with E-state index in [-0.39, 0.29) is 30.9 Å². The second kappa shape index (κ2) is 10.5. The van der Waals surface area contributed by atoms with Crippen LogP contribution in [0, 0.1) is 20.8 Å². The van der Waals surface area contributed by atoms with Crippen LogP contribution in [0.3, 0.4) is 0 Å². The average molecular weight is 416 g/mol. The highest BCUT2D eigenvalue weighted by Crippen LogP contribution is 2.22. The Morgan fingerprint density at radius 2 is 1.26 bits per heavy atom. The fourth-order valence-electron chi connectivity index (χ4n) is 3.72. The molecule has 0 radical (unpaired) electrons. The van der Waals surface area contributed by atoms with Gasteiger partial charge in [0.1, 0.15) is 0 Å². The third kappa shape index (κ3) is 6.27. The Morgan fingerprint density at radius 3 is 1.77 bits per heavy atom. The normalized spacial score (nSPS) is 10.7. The smallest absolute Gasteiger partial charge is 0.243 e. The summed E-state index contributed by atoms with van der Waals surface area (Å²) >= 11 is 0. The molecular formula is C26H29N3O2. The van der Waals surface area contributed by atoms with Gasteiger partial charge in [0.05, 0.1) is 19.1 Å². The van der Waals surface area contributed by atoms with E-state index in [1.807, 2.05) is 93.6 Å². The van der Waals surface area contributed by atoms with Gasteiger partial charge in [-0.25, -0.2) is 0 Å². The number of carbonyl (C=O) groups is 2. The maximum absolute atomic E-state index is 12.4. The van der Waals surface area contributed by atoms with Crippen molar-refractivity contribution in [2.45, 2.75) is 26.8 Å². The van der Waals surface area contributed by atoms with Crippen LogP contribution in [0.25, 0.3) is 0 Å². The highest BCUT2D eigenvalue weighted by Gasteiger charge is 2.15. The fraction of sp³-hybridized carbons (Fsp3) is 0.231. The molecule has 3 rings (SSSR count). The van der Waals surface area contributed by atoms with Gasteiger partial charge >= 0.3 is 0 Å². The minimum absolute atomic E-state index is 0.0748. The van der Waals surface area contributed by atoms with Gasteiger partial charge in [0.15, 0.2) is 0 Å². The molecule has 160 valence electrons. The molecule has 0 bridgehead atoms. The number of carbonyl (C=O) groups excluding carboxylic acids is 2. The molecular weight excluding hydrogens is 386 g/mol. The number of anilines is 1. The lowest BCUT2D eigenvalue weighted by atomic mass is 9.99. The van der Waals surface area contributed by atoms with Crippen molar-refractivity contribution in [3.8, 4) is 0 Å². The lowest BCUT2D eigenvalue weighted by molar-refractivity contribution is -0.123. The lowest BCUT2D eigenvalue weighted by Gasteiger charge is -2.20. The third-order valence-corrected chi connectivity index (χ3v) is 5.12. The van der Waals surface area contributed by atoms with Crippen LogP contribution < -0.4 is 16.0 Å². The molecule has 3 aromatic carbocycles. The Hall–Kier alpha value is -3.44. The molecule has 0 aliphatic carbocycles. The lowest BCUT2D eigenvalue weighted by Crippen LogP contribution is -2.39. The van der Waals surface area contributed by atoms with E-state index in [9.17, 15) is 9.59 Å². The highest BCUT2D eigenvalue weighted by atomic mass is 16.2. The van der Waals surface area contributed by atoms with Crippen LogP contribution in [-0.4, -0.2) is 24.9 Å². The monoisotopic (exact) mass is 415 g/mol. The van der Waals surface area contributed by atoms with Gasteiger partial charge in [-0.3, -0.25) is 14.9 Å². The van der Waals surface area contributed by atoms with Gasteiger partial charge in [-0.2, -0.15) is 0 Å². The van der Waals surface area contributed by atoms with Crippen molar-refractivity contribution in [3.63, 3.8) is 0 Å². The van der Waals surface area contributed by atoms with E-state index in [1.54, 1.807) is 0 Å². The summed E-state index contributed by atoms with van der Waals surface area (Å²) in [6.45, 7) is 5.98. The van der Waals surface area contributed by atoms with E-state index in [0.29, 0.717) is 0 Å². The number of amides is 2. The molecule has 0 heterocycles. The van der Waals surface area contributed by atoms with Gasteiger partial charge < -0.3 is 10.6 Å². The van der Waals surface area contributed by atoms with Gasteiger partial charge in [-0.05, 0) is 43.0 Å². The quantitative estimate of drug-likeness (QED) is 0.520. The van der Waals surface area contributed by atoms with Crippen LogP contribution in [0.1, 0.15) is 33.9 Å². The molecule has 0 atom stereocenters. The van der Waals surface area contributed by atoms with E-state index in [1.165, 1.54) is 0 Å². The average Bonchev–Trinajstić information content (AvgIpc) is 2.76. The number of nitrogens with one attached hydrogen (secondary N) is 3. The van der Waals surface area contributed by atoms with Crippen LogP contribution in [-0.2, 0) is 9.59 Å². The Labute approximate surface area is 183 Å². The predicted octanol–water partition coefficient (Wildman–Crippen LogP) is 4.05. The first-order valence-corrected chi connectivity index (χ1v) is 10.4. The van der Waals surface area contributed by atoms with Crippen molar-refractivity contribution in [1.29, 1.82) is 0 Å². The molecule has 0 spiro atoms. The van der Waals surface area contributed by atoms with Crippen LogP contribution >= 0.6 is 0 Å². The van der Waals surface area contributed by atoms with Gasteiger partial charge in [0.25, 0.3) is 0 Å². The van der Waals surface area contributed by atoms with E-state index in [0.717, 1.165) is 33.5 Å². The second-order valence-corrected chi connectivity index (χ2v) is 7.73. The summed E-state index contributed by atoms with van der Waals surface area (Å²) in [5, 5.41) is 8.91. The maximum atomic E-state index is 12.4. The molecule has 3 N–H and O–H groups in total. The van der Waals surface area contributed by atoms with Crippen molar-refractivity contribution >= 4 is 17.5 Å². The zero-order valence-corrected chi connectivity index (χ0v) is 18.2. The van der Waals surface area contributed by atoms with E-state index < -0.39 is 0 Å². The Morgan fingerprint density at radius 1 is 0.742 bits per heavy atom. The van der Waals surface area contributed by atoms with Gasteiger partial charge in [-0.1, -0.05) is 78.4 Å². The molecule has 5 heteroatoms. The van der Waals surface area contributed by atoms with Crippen LogP contribution in [0.5, 0.6) is 0 Å². The number of rotatable bonds is 8. The predicted molar refractivity (Wildman–Crippen MR) is 125 cm³/mol. The van der Waals surface area contributed by atoms with Gasteiger partial charge in [0, 0.05) is 5.69 Å². The SMILES string of the molecule is Cc1cc(C)c(NC(=O)CNC(=O)CNC(c2ccccc2)c2ccccc2)c(C)c1. The number of hydrogen-bond acceptors (Lipinski definition) is 3. The molecule has 2 amide bonds. The minimum atomic E-state index is -0.244. The fourth-order valence-corrected chi connectivity index (χ4v) is 3.72. The number of benzene rings is 3. The molecule has 0 saturated carbocycles. The molecule has 0 aliphatic rings. The van der Waals surface area contributed by atoms with E-state index in [2.05, 4.69) is 16.0 Å². The minimum Gasteiger partial charge on any atom is -0.346 e. The Bertz CT molecular complexity index is 971. The summed E-state index contributed by atoms with van der Waals surface area (Å²) in [6, 6.07) is 23.9. The van der Waals surface area contributed by atoms with Crippen molar-refractivity contribution in [2.75, 3.05) is 18.4 Å². The Balaban J connectivity index is 1.56. The van der Waals surface area contributed by atoms with Crippen molar-refractivity contribution in [2.24, 2.45) is 0 Å². The maximum Gasteiger partial charge on any atom is 0.243 e. The third-order valence-electron chi connectivity index (χ3n) is 5.12. The summed E-state index contributed by atoms with van der Waals surface area (Å²) in [7, 11) is 0. The summed E-state index contributed by atoms with van der Waals surface area (Å²) in [5.41, 5.74) is 6.11. The summed E-state index contributed by atoms with van der Waals surface area (Å²) < 4.78 is 0. The van der Waals surface area contributed by atoms with Gasteiger partial charge in [-0.15, -0.1) is 0 Å².